The van der Waals surface area contributed by atoms with Gasteiger partial charge in [0.1, 0.15) is 0 Å². The highest BCUT2D eigenvalue weighted by Crippen LogP contribution is 1.77. The first-order chi connectivity index (χ1) is 3.91. The zero-order valence-electron chi connectivity index (χ0n) is 4.92. The van der Waals surface area contributed by atoms with Crippen LogP contribution in [0.25, 0.3) is 0 Å². The molecule has 0 aliphatic heterocycles. The average Bonchev–Trinajstić information content (AvgIpc) is 1.81. The van der Waals surface area contributed by atoms with Gasteiger partial charge in [0.25, 0.3) is 0 Å². The highest BCUT2D eigenvalue weighted by molar-refractivity contribution is 4.20. The molecule has 8 heavy (non-hydrogen) atoms. The fourth-order valence-corrected chi connectivity index (χ4v) is 0.164. The predicted octanol–water partition coefficient (Wildman–Crippen LogP) is -0.155. The first-order valence-corrected chi connectivity index (χ1v) is 2.53. The van der Waals surface area contributed by atoms with E-state index in [0.29, 0.717) is 19.8 Å². The van der Waals surface area contributed by atoms with Gasteiger partial charge in [0.15, 0.2) is 0 Å². The van der Waals surface area contributed by atoms with Crippen molar-refractivity contribution in [1.29, 1.82) is 0 Å². The maximum atomic E-state index is 5.05. The molecule has 0 radical (unpaired) electrons. The van der Waals surface area contributed by atoms with E-state index in [1.165, 1.54) is 0 Å². The molecule has 0 saturated heterocycles. The average molecular weight is 121 g/mol. The fourth-order valence-electron chi connectivity index (χ4n) is 0.164. The lowest BCUT2D eigenvalue weighted by molar-refractivity contribution is -0.510. The van der Waals surface area contributed by atoms with E-state index in [2.05, 4.69) is 14.8 Å². The molecule has 0 aliphatic rings. The second-order valence-electron chi connectivity index (χ2n) is 1.09. The Morgan fingerprint density at radius 3 is 2.62 bits per heavy atom. The molecule has 0 amide bonds. The standard InChI is InChI=1S/C4H11NO3/c1-2-6-8-7-4-3-5/h2-5H2,1H3. The Bertz CT molecular complexity index is 36.3. The van der Waals surface area contributed by atoms with Crippen molar-refractivity contribution >= 4 is 0 Å². The second kappa shape index (κ2) is 6.84. The fraction of sp³-hybridized carbons (Fsp3) is 1.00. The van der Waals surface area contributed by atoms with Gasteiger partial charge in [-0.3, -0.25) is 0 Å². The third-order valence-corrected chi connectivity index (χ3v) is 0.415. The van der Waals surface area contributed by atoms with E-state index >= 15 is 0 Å². The third kappa shape index (κ3) is 5.84. The van der Waals surface area contributed by atoms with Crippen LogP contribution in [0.2, 0.25) is 0 Å². The molecule has 2 N–H and O–H groups in total. The molecule has 0 fully saturated rings. The minimum Gasteiger partial charge on any atom is -0.328 e. The van der Waals surface area contributed by atoms with E-state index < -0.39 is 0 Å². The van der Waals surface area contributed by atoms with E-state index in [1.807, 2.05) is 0 Å². The van der Waals surface area contributed by atoms with Crippen LogP contribution in [0.3, 0.4) is 0 Å². The van der Waals surface area contributed by atoms with Gasteiger partial charge in [-0.25, -0.2) is 9.78 Å². The van der Waals surface area contributed by atoms with Gasteiger partial charge in [-0.1, -0.05) is 5.04 Å². The summed E-state index contributed by atoms with van der Waals surface area (Å²) in [5.41, 5.74) is 5.05. The number of rotatable bonds is 5. The largest absolute Gasteiger partial charge is 0.328 e. The molecule has 0 aromatic rings. The number of hydrogen-bond donors (Lipinski definition) is 1. The van der Waals surface area contributed by atoms with Crippen LogP contribution in [0.5, 0.6) is 0 Å². The molecule has 0 atom stereocenters. The van der Waals surface area contributed by atoms with Gasteiger partial charge >= 0.3 is 0 Å². The summed E-state index contributed by atoms with van der Waals surface area (Å²) in [4.78, 5) is 8.73. The summed E-state index contributed by atoms with van der Waals surface area (Å²) in [6.45, 7) is 3.07. The molecule has 0 heterocycles. The van der Waals surface area contributed by atoms with E-state index in [4.69, 9.17) is 5.73 Å². The summed E-state index contributed by atoms with van der Waals surface area (Å²) >= 11 is 0. The van der Waals surface area contributed by atoms with Crippen LogP contribution in [0, 0.1) is 0 Å². The Kier molecular flexibility index (Phi) is 6.70. The monoisotopic (exact) mass is 121 g/mol. The lowest BCUT2D eigenvalue weighted by Crippen LogP contribution is -2.08. The van der Waals surface area contributed by atoms with Gasteiger partial charge in [-0.2, -0.15) is 0 Å². The van der Waals surface area contributed by atoms with Crippen LogP contribution in [0.15, 0.2) is 0 Å². The minimum absolute atomic E-state index is 0.361. The van der Waals surface area contributed by atoms with E-state index in [1.54, 1.807) is 6.92 Å². The normalized spacial score (nSPS) is 9.75. The molecule has 0 unspecified atom stereocenters. The van der Waals surface area contributed by atoms with Crippen LogP contribution in [-0.2, 0) is 14.8 Å². The topological polar surface area (TPSA) is 53.7 Å². The predicted molar refractivity (Wildman–Crippen MR) is 27.7 cm³/mol. The first kappa shape index (κ1) is 7.84. The molecule has 0 aromatic carbocycles. The molecule has 50 valence electrons. The van der Waals surface area contributed by atoms with Crippen molar-refractivity contribution in [3.05, 3.63) is 0 Å². The van der Waals surface area contributed by atoms with Crippen molar-refractivity contribution in [3.63, 3.8) is 0 Å². The van der Waals surface area contributed by atoms with Crippen molar-refractivity contribution in [2.24, 2.45) is 5.73 Å². The molecular weight excluding hydrogens is 110 g/mol. The SMILES string of the molecule is CCOOOCCN. The van der Waals surface area contributed by atoms with Crippen LogP contribution in [-0.4, -0.2) is 19.8 Å². The van der Waals surface area contributed by atoms with Gasteiger partial charge in [0, 0.05) is 6.54 Å². The van der Waals surface area contributed by atoms with Gasteiger partial charge in [0.05, 0.1) is 13.2 Å². The first-order valence-electron chi connectivity index (χ1n) is 2.53. The van der Waals surface area contributed by atoms with Crippen LogP contribution < -0.4 is 5.73 Å². The highest BCUT2D eigenvalue weighted by atomic mass is 17.5. The van der Waals surface area contributed by atoms with Crippen molar-refractivity contribution in [3.8, 4) is 0 Å². The maximum absolute atomic E-state index is 5.05. The summed E-state index contributed by atoms with van der Waals surface area (Å²) < 4.78 is 0. The summed E-state index contributed by atoms with van der Waals surface area (Å²) in [5.74, 6) is 0. The molecule has 0 bridgehead atoms. The van der Waals surface area contributed by atoms with Crippen molar-refractivity contribution in [2.45, 2.75) is 6.92 Å². The maximum Gasteiger partial charge on any atom is 0.0976 e. The molecule has 4 heteroatoms. The molecular formula is C4H11NO3. The number of nitrogens with two attached hydrogens (primary N) is 1. The summed E-state index contributed by atoms with van der Waals surface area (Å²) in [7, 11) is 0. The lowest BCUT2D eigenvalue weighted by atomic mass is 10.8. The third-order valence-electron chi connectivity index (χ3n) is 0.415. The summed E-state index contributed by atoms with van der Waals surface area (Å²) in [6, 6.07) is 0. The highest BCUT2D eigenvalue weighted by Gasteiger charge is 1.82. The quantitative estimate of drug-likeness (QED) is 0.312. The molecule has 0 aromatic heterocycles. The summed E-state index contributed by atoms with van der Waals surface area (Å²) in [6.07, 6.45) is 0. The van der Waals surface area contributed by atoms with Crippen LogP contribution in [0.1, 0.15) is 6.92 Å². The molecule has 0 saturated carbocycles. The molecule has 0 aliphatic carbocycles. The smallest absolute Gasteiger partial charge is 0.0976 e. The van der Waals surface area contributed by atoms with Crippen molar-refractivity contribution in [1.82, 2.24) is 0 Å². The van der Waals surface area contributed by atoms with Crippen LogP contribution >= 0.6 is 0 Å². The van der Waals surface area contributed by atoms with E-state index in [0.717, 1.165) is 0 Å². The molecule has 0 rings (SSSR count). The lowest BCUT2D eigenvalue weighted by Gasteiger charge is -1.96. The Labute approximate surface area is 48.4 Å². The zero-order chi connectivity index (χ0) is 6.24. The van der Waals surface area contributed by atoms with Crippen LogP contribution in [0.4, 0.5) is 0 Å². The Balaban J connectivity index is 2.53. The Morgan fingerprint density at radius 1 is 1.38 bits per heavy atom. The summed E-state index contributed by atoms with van der Waals surface area (Å²) in [5, 5.41) is 4.14. The van der Waals surface area contributed by atoms with Gasteiger partial charge < -0.3 is 5.73 Å². The molecule has 4 nitrogen and oxygen atoms in total. The number of hydrogen-bond acceptors (Lipinski definition) is 4. The van der Waals surface area contributed by atoms with Gasteiger partial charge in [-0.15, -0.1) is 0 Å². The van der Waals surface area contributed by atoms with Crippen molar-refractivity contribution < 1.29 is 14.8 Å². The van der Waals surface area contributed by atoms with E-state index in [-0.39, 0.29) is 0 Å². The Hall–Kier alpha value is -0.160. The van der Waals surface area contributed by atoms with E-state index in [9.17, 15) is 0 Å². The van der Waals surface area contributed by atoms with Gasteiger partial charge in [-0.05, 0) is 6.92 Å². The minimum atomic E-state index is 0.361. The second-order valence-corrected chi connectivity index (χ2v) is 1.09. The zero-order valence-corrected chi connectivity index (χ0v) is 4.92. The molecule has 0 spiro atoms. The van der Waals surface area contributed by atoms with Gasteiger partial charge in [0.2, 0.25) is 0 Å². The van der Waals surface area contributed by atoms with Crippen molar-refractivity contribution in [2.75, 3.05) is 19.8 Å². The Morgan fingerprint density at radius 2 is 2.12 bits per heavy atom.